The van der Waals surface area contributed by atoms with Crippen molar-refractivity contribution in [2.75, 3.05) is 0 Å². The molecule has 1 aliphatic heterocycles. The van der Waals surface area contributed by atoms with E-state index in [2.05, 4.69) is 6.07 Å². The summed E-state index contributed by atoms with van der Waals surface area (Å²) < 4.78 is 5.34. The highest BCUT2D eigenvalue weighted by Crippen LogP contribution is 2.42. The third-order valence-corrected chi connectivity index (χ3v) is 3.32. The first-order chi connectivity index (χ1) is 7.42. The van der Waals surface area contributed by atoms with Gasteiger partial charge >= 0.3 is 6.09 Å². The van der Waals surface area contributed by atoms with Gasteiger partial charge in [0, 0.05) is 6.04 Å². The molecular weight excluding hydrogens is 204 g/mol. The van der Waals surface area contributed by atoms with Gasteiger partial charge in [-0.2, -0.15) is 5.26 Å². The quantitative estimate of drug-likeness (QED) is 0.632. The molecule has 1 aliphatic carbocycles. The van der Waals surface area contributed by atoms with Crippen molar-refractivity contribution in [3.8, 4) is 6.07 Å². The highest BCUT2D eigenvalue weighted by Gasteiger charge is 2.49. The molecule has 0 aromatic carbocycles. The third kappa shape index (κ3) is 1.87. The van der Waals surface area contributed by atoms with Crippen LogP contribution in [-0.2, 0) is 4.74 Å². The first kappa shape index (κ1) is 11.3. The summed E-state index contributed by atoms with van der Waals surface area (Å²) in [6.45, 7) is 5.54. The van der Waals surface area contributed by atoms with E-state index in [1.54, 1.807) is 4.90 Å². The van der Waals surface area contributed by atoms with E-state index >= 15 is 0 Å². The minimum atomic E-state index is -0.487. The predicted octanol–water partition coefficient (Wildman–Crippen LogP) is 2.30. The summed E-state index contributed by atoms with van der Waals surface area (Å²) in [6, 6.07) is 2.19. The molecule has 1 heterocycles. The number of hydrogen-bond acceptors (Lipinski definition) is 3. The van der Waals surface area contributed by atoms with Crippen LogP contribution in [0.3, 0.4) is 0 Å². The average molecular weight is 222 g/mol. The predicted molar refractivity (Wildman–Crippen MR) is 58.6 cm³/mol. The molecule has 2 aliphatic rings. The van der Waals surface area contributed by atoms with Crippen molar-refractivity contribution < 1.29 is 9.53 Å². The van der Waals surface area contributed by atoms with Gasteiger partial charge in [0.15, 0.2) is 0 Å². The largest absolute Gasteiger partial charge is 0.444 e. The lowest BCUT2D eigenvalue weighted by Gasteiger charge is -2.33. The second-order valence-electron chi connectivity index (χ2n) is 5.69. The van der Waals surface area contributed by atoms with Gasteiger partial charge in [-0.25, -0.2) is 4.79 Å². The van der Waals surface area contributed by atoms with E-state index in [-0.39, 0.29) is 18.2 Å². The van der Waals surface area contributed by atoms with Crippen molar-refractivity contribution in [1.82, 2.24) is 4.90 Å². The summed E-state index contributed by atoms with van der Waals surface area (Å²) in [7, 11) is 0. The average Bonchev–Trinajstić information content (AvgIpc) is 2.72. The van der Waals surface area contributed by atoms with E-state index in [1.165, 1.54) is 0 Å². The molecule has 0 N–H and O–H groups in total. The molecule has 0 radical (unpaired) electrons. The number of likely N-dealkylation sites (tertiary alicyclic amines) is 1. The van der Waals surface area contributed by atoms with Crippen molar-refractivity contribution in [3.63, 3.8) is 0 Å². The number of nitrogens with zero attached hydrogens (tertiary/aromatic N) is 2. The van der Waals surface area contributed by atoms with Crippen molar-refractivity contribution in [2.45, 2.75) is 57.7 Å². The smallest absolute Gasteiger partial charge is 0.411 e. The Hall–Kier alpha value is -1.24. The summed E-state index contributed by atoms with van der Waals surface area (Å²) in [5.74, 6) is 0.363. The van der Waals surface area contributed by atoms with Crippen molar-refractivity contribution in [1.29, 1.82) is 5.26 Å². The minimum Gasteiger partial charge on any atom is -0.444 e. The van der Waals surface area contributed by atoms with Gasteiger partial charge in [-0.3, -0.25) is 4.90 Å². The van der Waals surface area contributed by atoms with Gasteiger partial charge in [-0.15, -0.1) is 0 Å². The molecule has 0 spiro atoms. The Kier molecular flexibility index (Phi) is 2.57. The molecule has 4 heteroatoms. The third-order valence-electron chi connectivity index (χ3n) is 3.32. The molecule has 88 valence electrons. The van der Waals surface area contributed by atoms with Crippen LogP contribution in [0.1, 0.15) is 40.0 Å². The lowest BCUT2D eigenvalue weighted by Crippen LogP contribution is -2.46. The maximum atomic E-state index is 12.0. The molecular formula is C12H18N2O2. The molecule has 0 aromatic heterocycles. The Bertz CT molecular complexity index is 340. The maximum absolute atomic E-state index is 12.0. The Morgan fingerprint density at radius 2 is 2.12 bits per heavy atom. The fourth-order valence-electron chi connectivity index (χ4n) is 2.73. The summed E-state index contributed by atoms with van der Waals surface area (Å²) in [5, 5.41) is 9.11. The SMILES string of the molecule is CC(C)(C)OC(=O)N1C2CCC(C2)C1C#N. The summed E-state index contributed by atoms with van der Waals surface area (Å²) in [5.41, 5.74) is -0.487. The van der Waals surface area contributed by atoms with Crippen LogP contribution in [0.15, 0.2) is 0 Å². The van der Waals surface area contributed by atoms with E-state index in [0.717, 1.165) is 19.3 Å². The zero-order valence-electron chi connectivity index (χ0n) is 10.1. The Morgan fingerprint density at radius 3 is 2.69 bits per heavy atom. The molecule has 1 saturated heterocycles. The van der Waals surface area contributed by atoms with Crippen LogP contribution in [0.25, 0.3) is 0 Å². The first-order valence-electron chi connectivity index (χ1n) is 5.83. The summed E-state index contributed by atoms with van der Waals surface area (Å²) in [6.07, 6.45) is 2.73. The van der Waals surface area contributed by atoms with Gasteiger partial charge in [0.25, 0.3) is 0 Å². The van der Waals surface area contributed by atoms with Gasteiger partial charge in [0.2, 0.25) is 0 Å². The zero-order valence-corrected chi connectivity index (χ0v) is 10.1. The molecule has 1 amide bonds. The second-order valence-corrected chi connectivity index (χ2v) is 5.69. The number of carbonyl (C=O) groups is 1. The number of ether oxygens (including phenoxy) is 1. The maximum Gasteiger partial charge on any atom is 0.411 e. The normalized spacial score (nSPS) is 32.6. The topological polar surface area (TPSA) is 53.3 Å². The molecule has 3 unspecified atom stereocenters. The Labute approximate surface area is 96.2 Å². The minimum absolute atomic E-state index is 0.226. The van der Waals surface area contributed by atoms with E-state index < -0.39 is 5.60 Å². The fourth-order valence-corrected chi connectivity index (χ4v) is 2.73. The summed E-state index contributed by atoms with van der Waals surface area (Å²) in [4.78, 5) is 13.6. The van der Waals surface area contributed by atoms with Crippen LogP contribution < -0.4 is 0 Å². The number of piperidine rings is 1. The lowest BCUT2D eigenvalue weighted by molar-refractivity contribution is 0.0132. The number of nitriles is 1. The Balaban J connectivity index is 2.09. The zero-order chi connectivity index (χ0) is 11.9. The van der Waals surface area contributed by atoms with Gasteiger partial charge < -0.3 is 4.74 Å². The molecule has 4 nitrogen and oxygen atoms in total. The van der Waals surface area contributed by atoms with Crippen LogP contribution in [0.2, 0.25) is 0 Å². The lowest BCUT2D eigenvalue weighted by atomic mass is 10.0. The highest BCUT2D eigenvalue weighted by molar-refractivity contribution is 5.70. The number of amides is 1. The van der Waals surface area contributed by atoms with Gasteiger partial charge in [0.1, 0.15) is 11.6 Å². The fraction of sp³-hybridized carbons (Fsp3) is 0.833. The highest BCUT2D eigenvalue weighted by atomic mass is 16.6. The molecule has 2 fully saturated rings. The van der Waals surface area contributed by atoms with Crippen LogP contribution in [-0.4, -0.2) is 28.7 Å². The molecule has 3 atom stereocenters. The van der Waals surface area contributed by atoms with Crippen LogP contribution in [0.4, 0.5) is 4.79 Å². The standard InChI is InChI=1S/C12H18N2O2/c1-12(2,3)16-11(15)14-9-5-4-8(6-9)10(14)7-13/h8-10H,4-6H2,1-3H3. The van der Waals surface area contributed by atoms with Gasteiger partial charge in [-0.05, 0) is 46.0 Å². The molecule has 0 aromatic rings. The summed E-state index contributed by atoms with van der Waals surface area (Å²) >= 11 is 0. The number of fused-ring (bicyclic) bond motifs is 2. The molecule has 2 rings (SSSR count). The Morgan fingerprint density at radius 1 is 1.44 bits per heavy atom. The number of rotatable bonds is 0. The molecule has 2 bridgehead atoms. The van der Waals surface area contributed by atoms with Gasteiger partial charge in [0.05, 0.1) is 6.07 Å². The van der Waals surface area contributed by atoms with Crippen molar-refractivity contribution >= 4 is 6.09 Å². The van der Waals surface area contributed by atoms with E-state index in [1.807, 2.05) is 20.8 Å². The van der Waals surface area contributed by atoms with Crippen LogP contribution in [0.5, 0.6) is 0 Å². The van der Waals surface area contributed by atoms with E-state index in [9.17, 15) is 4.79 Å². The van der Waals surface area contributed by atoms with Gasteiger partial charge in [-0.1, -0.05) is 0 Å². The monoisotopic (exact) mass is 222 g/mol. The van der Waals surface area contributed by atoms with Crippen LogP contribution in [0, 0.1) is 17.2 Å². The van der Waals surface area contributed by atoms with Crippen LogP contribution >= 0.6 is 0 Å². The van der Waals surface area contributed by atoms with Crippen molar-refractivity contribution in [3.05, 3.63) is 0 Å². The second kappa shape index (κ2) is 3.65. The van der Waals surface area contributed by atoms with E-state index in [0.29, 0.717) is 5.92 Å². The first-order valence-corrected chi connectivity index (χ1v) is 5.83. The number of carbonyl (C=O) groups excluding carboxylic acids is 1. The number of hydrogen-bond donors (Lipinski definition) is 0. The molecule has 1 saturated carbocycles. The van der Waals surface area contributed by atoms with Crippen molar-refractivity contribution in [2.24, 2.45) is 5.92 Å². The van der Waals surface area contributed by atoms with E-state index in [4.69, 9.17) is 10.00 Å². The molecule has 16 heavy (non-hydrogen) atoms.